The van der Waals surface area contributed by atoms with Crippen LogP contribution in [-0.2, 0) is 38.3 Å². The van der Waals surface area contributed by atoms with Gasteiger partial charge in [0.2, 0.25) is 11.8 Å². The number of nitrogen functional groups attached to an aromatic ring is 2. The fourth-order valence-corrected chi connectivity index (χ4v) is 6.36. The lowest BCUT2D eigenvalue weighted by molar-refractivity contribution is -0.143. The Hall–Kier alpha value is -6.33. The van der Waals surface area contributed by atoms with Gasteiger partial charge in [-0.05, 0) is 24.8 Å². The summed E-state index contributed by atoms with van der Waals surface area (Å²) in [5.41, 5.74) is 14.9. The van der Waals surface area contributed by atoms with E-state index in [1.165, 1.54) is 7.11 Å². The number of oxime groups is 2. The number of amides is 3. The van der Waals surface area contributed by atoms with Gasteiger partial charge >= 0.3 is 12.1 Å². The normalized spacial score (nSPS) is 17.1. The quantitative estimate of drug-likeness (QED) is 0.0515. The van der Waals surface area contributed by atoms with Crippen molar-refractivity contribution in [3.05, 3.63) is 70.8 Å². The zero-order chi connectivity index (χ0) is 44.6. The second kappa shape index (κ2) is 22.7. The average Bonchev–Trinajstić information content (AvgIpc) is 3.78. The predicted octanol–water partition coefficient (Wildman–Crippen LogP) is 3.60. The molecule has 2 aliphatic heterocycles. The third kappa shape index (κ3) is 14.5. The van der Waals surface area contributed by atoms with E-state index in [1.54, 1.807) is 55.3 Å². The molecule has 0 fully saturated rings. The molecule has 18 nitrogen and oxygen atoms in total. The van der Waals surface area contributed by atoms with Gasteiger partial charge in [-0.3, -0.25) is 20.4 Å². The first-order chi connectivity index (χ1) is 28.4. The summed E-state index contributed by atoms with van der Waals surface area (Å²) in [6.07, 6.45) is 1.12. The summed E-state index contributed by atoms with van der Waals surface area (Å²) in [7, 11) is 2.94. The van der Waals surface area contributed by atoms with Gasteiger partial charge in [-0.25, -0.2) is 9.59 Å². The van der Waals surface area contributed by atoms with Crippen molar-refractivity contribution in [1.82, 2.24) is 15.5 Å². The van der Waals surface area contributed by atoms with Crippen molar-refractivity contribution in [3.63, 3.8) is 0 Å². The zero-order valence-corrected chi connectivity index (χ0v) is 35.5. The number of hydrogen-bond donors (Lipinski definition) is 6. The standard InChI is InChI=1S/C21H29N5O6.C21H30N4O3/c1-3-4-9-31-21(29)25-17(20(28)30-2)12-24-18(27)11-15-10-16(26-32-15)13-5-7-14(8-6-13)19(22)23;1-13(10-14(2)26)12-25(5)18(27)11-17-21(3,4)19(24-28-17)15-6-8-16(9-7-15)20(22)23/h5-8,15,17H,3-4,9-12H2,1-2H3,(H3,22,23)(H,24,27)(H,25,29);6-9,13,17H,10-12H2,1-5H3,(H3,22,23)/t15-,17?;/m1./s1. The van der Waals surface area contributed by atoms with Crippen LogP contribution in [0.15, 0.2) is 58.8 Å². The largest absolute Gasteiger partial charge is 0.467 e. The minimum absolute atomic E-state index is 0.0148. The summed E-state index contributed by atoms with van der Waals surface area (Å²) in [6.45, 7) is 10.1. The van der Waals surface area contributed by atoms with Crippen molar-refractivity contribution in [2.75, 3.05) is 33.9 Å². The third-order valence-corrected chi connectivity index (χ3v) is 9.85. The van der Waals surface area contributed by atoms with Gasteiger partial charge in [0.15, 0.2) is 0 Å². The molecule has 2 heterocycles. The number of alkyl carbamates (subject to hydrolysis) is 1. The first kappa shape index (κ1) is 48.0. The molecule has 326 valence electrons. The Morgan fingerprint density at radius 1 is 0.950 bits per heavy atom. The molecule has 2 aromatic rings. The minimum Gasteiger partial charge on any atom is -0.467 e. The van der Waals surface area contributed by atoms with E-state index in [0.717, 1.165) is 23.3 Å². The molecule has 18 heteroatoms. The number of nitrogens with zero attached hydrogens (tertiary/aromatic N) is 3. The summed E-state index contributed by atoms with van der Waals surface area (Å²) in [4.78, 5) is 72.5. The molecule has 0 aromatic heterocycles. The number of methoxy groups -OCH3 is 1. The molecule has 4 rings (SSSR count). The first-order valence-corrected chi connectivity index (χ1v) is 19.7. The molecule has 2 aromatic carbocycles. The highest BCUT2D eigenvalue weighted by Crippen LogP contribution is 2.37. The van der Waals surface area contributed by atoms with Crippen molar-refractivity contribution < 1.29 is 43.1 Å². The van der Waals surface area contributed by atoms with Gasteiger partial charge < -0.3 is 50.9 Å². The van der Waals surface area contributed by atoms with Gasteiger partial charge in [0.25, 0.3) is 0 Å². The lowest BCUT2D eigenvalue weighted by atomic mass is 9.78. The molecule has 0 saturated heterocycles. The van der Waals surface area contributed by atoms with E-state index in [-0.39, 0.29) is 67.3 Å². The molecule has 0 aliphatic carbocycles. The van der Waals surface area contributed by atoms with Gasteiger partial charge in [0.1, 0.15) is 35.7 Å². The number of amidine groups is 2. The van der Waals surface area contributed by atoms with Crippen LogP contribution in [0.1, 0.15) is 95.4 Å². The number of ether oxygens (including phenoxy) is 2. The Kier molecular flexibility index (Phi) is 18.2. The third-order valence-electron chi connectivity index (χ3n) is 9.85. The van der Waals surface area contributed by atoms with Gasteiger partial charge in [-0.2, -0.15) is 0 Å². The lowest BCUT2D eigenvalue weighted by Gasteiger charge is -2.28. The number of benzene rings is 2. The highest BCUT2D eigenvalue weighted by Gasteiger charge is 2.44. The van der Waals surface area contributed by atoms with E-state index >= 15 is 0 Å². The number of rotatable bonds is 19. The summed E-state index contributed by atoms with van der Waals surface area (Å²) >= 11 is 0. The fraction of sp³-hybridized carbons (Fsp3) is 0.500. The van der Waals surface area contributed by atoms with Crippen molar-refractivity contribution >= 4 is 52.8 Å². The Bertz CT molecular complexity index is 1910. The van der Waals surface area contributed by atoms with Crippen LogP contribution in [0.25, 0.3) is 0 Å². The highest BCUT2D eigenvalue weighted by atomic mass is 16.6. The zero-order valence-electron chi connectivity index (χ0n) is 35.5. The van der Waals surface area contributed by atoms with Crippen molar-refractivity contribution in [1.29, 1.82) is 10.8 Å². The van der Waals surface area contributed by atoms with Crippen molar-refractivity contribution in [2.24, 2.45) is 33.1 Å². The molecule has 3 amide bonds. The maximum absolute atomic E-state index is 12.6. The molecule has 4 atom stereocenters. The number of esters is 1. The van der Waals surface area contributed by atoms with Crippen LogP contribution in [0.5, 0.6) is 0 Å². The molecule has 60 heavy (non-hydrogen) atoms. The van der Waals surface area contributed by atoms with E-state index in [4.69, 9.17) is 36.7 Å². The number of nitrogens with one attached hydrogen (secondary N) is 4. The van der Waals surface area contributed by atoms with Crippen LogP contribution < -0.4 is 22.1 Å². The topological polar surface area (TPSA) is 274 Å². The molecular formula is C42H59N9O9. The van der Waals surface area contributed by atoms with Gasteiger partial charge in [0.05, 0.1) is 43.4 Å². The minimum atomic E-state index is -1.07. The molecule has 8 N–H and O–H groups in total. The maximum Gasteiger partial charge on any atom is 0.407 e. The molecule has 3 unspecified atom stereocenters. The number of Topliss-reactive ketones (excluding diaryl/α,β-unsaturated/α-hetero) is 1. The fourth-order valence-electron chi connectivity index (χ4n) is 6.36. The highest BCUT2D eigenvalue weighted by molar-refractivity contribution is 6.06. The second-order valence-corrected chi connectivity index (χ2v) is 15.4. The van der Waals surface area contributed by atoms with Gasteiger partial charge in [-0.1, -0.05) is 93.0 Å². The molecule has 0 saturated carbocycles. The van der Waals surface area contributed by atoms with Crippen LogP contribution >= 0.6 is 0 Å². The SMILES string of the molecule is CC(=O)CC(C)CN(C)C(=O)CC1ON=C(c2ccc(C(=N)N)cc2)C1(C)C.CCCCOC(=O)NC(CNC(=O)C[C@H]1CC(c2ccc(C(=N)N)cc2)=NO1)C(=O)OC. The molecule has 2 aliphatic rings. The van der Waals surface area contributed by atoms with E-state index in [1.807, 2.05) is 39.8 Å². The maximum atomic E-state index is 12.6. The van der Waals surface area contributed by atoms with Gasteiger partial charge in [0, 0.05) is 49.7 Å². The molecule has 0 spiro atoms. The van der Waals surface area contributed by atoms with E-state index in [0.29, 0.717) is 42.6 Å². The summed E-state index contributed by atoms with van der Waals surface area (Å²) < 4.78 is 9.64. The lowest BCUT2D eigenvalue weighted by Crippen LogP contribution is -2.49. The monoisotopic (exact) mass is 833 g/mol. The predicted molar refractivity (Wildman–Crippen MR) is 226 cm³/mol. The molecule has 0 bridgehead atoms. The van der Waals surface area contributed by atoms with Crippen LogP contribution in [0, 0.1) is 22.2 Å². The Morgan fingerprint density at radius 3 is 2.10 bits per heavy atom. The Labute approximate surface area is 350 Å². The molecule has 0 radical (unpaired) electrons. The summed E-state index contributed by atoms with van der Waals surface area (Å²) in [6, 6.07) is 13.2. The number of hydrogen-bond acceptors (Lipinski definition) is 13. The number of carbonyl (C=O) groups is 5. The summed E-state index contributed by atoms with van der Waals surface area (Å²) in [5, 5.41) is 28.2. The number of unbranched alkanes of at least 4 members (excludes halogenated alkanes) is 1. The second-order valence-electron chi connectivity index (χ2n) is 15.4. The van der Waals surface area contributed by atoms with Crippen LogP contribution in [0.4, 0.5) is 4.79 Å². The summed E-state index contributed by atoms with van der Waals surface area (Å²) in [5.74, 6) is -0.858. The van der Waals surface area contributed by atoms with Crippen LogP contribution in [-0.4, -0.2) is 110 Å². The average molecular weight is 834 g/mol. The number of nitrogens with two attached hydrogens (primary N) is 2. The number of ketones is 1. The van der Waals surface area contributed by atoms with Crippen molar-refractivity contribution in [2.45, 2.75) is 91.4 Å². The Balaban J connectivity index is 0.000000323. The van der Waals surface area contributed by atoms with Crippen LogP contribution in [0.3, 0.4) is 0 Å². The number of carbonyl (C=O) groups excluding carboxylic acids is 5. The van der Waals surface area contributed by atoms with E-state index < -0.39 is 29.6 Å². The molecular weight excluding hydrogens is 775 g/mol. The Morgan fingerprint density at radius 2 is 1.55 bits per heavy atom. The first-order valence-electron chi connectivity index (χ1n) is 19.7. The van der Waals surface area contributed by atoms with Crippen molar-refractivity contribution in [3.8, 4) is 0 Å². The van der Waals surface area contributed by atoms with E-state index in [9.17, 15) is 24.0 Å². The van der Waals surface area contributed by atoms with Gasteiger partial charge in [-0.15, -0.1) is 0 Å². The van der Waals surface area contributed by atoms with E-state index in [2.05, 4.69) is 25.7 Å². The smallest absolute Gasteiger partial charge is 0.407 e. The van der Waals surface area contributed by atoms with Crippen LogP contribution in [0.2, 0.25) is 0 Å².